The average Bonchev–Trinajstić information content (AvgIpc) is 3.11. The molecule has 0 spiro atoms. The van der Waals surface area contributed by atoms with Gasteiger partial charge in [-0.1, -0.05) is 35.3 Å². The molecule has 0 saturated heterocycles. The molecular formula is C24H26Cl2N2O4S. The van der Waals surface area contributed by atoms with Crippen LogP contribution >= 0.6 is 35.0 Å². The fraction of sp³-hybridized carbons (Fsp3) is 0.333. The minimum absolute atomic E-state index is 0.145. The molecule has 3 aromatic rings. The largest absolute Gasteiger partial charge is 0.462 e. The Morgan fingerprint density at radius 2 is 1.82 bits per heavy atom. The number of aromatic nitrogens is 1. The topological polar surface area (TPSA) is 80.6 Å². The summed E-state index contributed by atoms with van der Waals surface area (Å²) in [5, 5.41) is 14.3. The normalized spacial score (nSPS) is 12.2. The van der Waals surface area contributed by atoms with E-state index in [2.05, 4.69) is 5.32 Å². The first-order valence-electron chi connectivity index (χ1n) is 10.4. The van der Waals surface area contributed by atoms with Crippen molar-refractivity contribution >= 4 is 57.7 Å². The molecule has 1 amide bonds. The molecule has 2 aromatic carbocycles. The molecule has 33 heavy (non-hydrogen) atoms. The summed E-state index contributed by atoms with van der Waals surface area (Å²) in [6.07, 6.45) is -0.145. The first kappa shape index (κ1) is 25.4. The Morgan fingerprint density at radius 1 is 1.15 bits per heavy atom. The van der Waals surface area contributed by atoms with Gasteiger partial charge in [0, 0.05) is 17.3 Å². The third-order valence-electron chi connectivity index (χ3n) is 5.14. The number of ether oxygens (including phenoxy) is 1. The second-order valence-corrected chi connectivity index (χ2v) is 9.75. The van der Waals surface area contributed by atoms with Crippen LogP contribution in [-0.2, 0) is 16.6 Å². The number of thioether (sulfide) groups is 1. The number of hydrogen-bond donors (Lipinski definition) is 2. The lowest BCUT2D eigenvalue weighted by Gasteiger charge is -2.17. The number of halogens is 2. The first-order chi connectivity index (χ1) is 15.6. The van der Waals surface area contributed by atoms with Gasteiger partial charge in [-0.15, -0.1) is 11.8 Å². The van der Waals surface area contributed by atoms with E-state index in [1.807, 2.05) is 51.1 Å². The monoisotopic (exact) mass is 508 g/mol. The molecule has 9 heteroatoms. The van der Waals surface area contributed by atoms with Crippen LogP contribution in [0.15, 0.2) is 41.3 Å². The lowest BCUT2D eigenvalue weighted by atomic mass is 10.1. The lowest BCUT2D eigenvalue weighted by molar-refractivity contribution is -0.144. The van der Waals surface area contributed by atoms with Gasteiger partial charge in [0.1, 0.15) is 5.69 Å². The van der Waals surface area contributed by atoms with Gasteiger partial charge in [0.15, 0.2) is 0 Å². The van der Waals surface area contributed by atoms with E-state index in [1.54, 1.807) is 17.7 Å². The van der Waals surface area contributed by atoms with Crippen LogP contribution in [0.2, 0.25) is 10.0 Å². The molecule has 1 atom stereocenters. The van der Waals surface area contributed by atoms with Crippen LogP contribution in [0.1, 0.15) is 41.5 Å². The zero-order valence-corrected chi connectivity index (χ0v) is 21.1. The minimum atomic E-state index is -0.596. The number of aliphatic hydroxyl groups excluding tert-OH is 1. The number of fused-ring (bicyclic) bond motifs is 1. The van der Waals surface area contributed by atoms with Crippen molar-refractivity contribution in [1.29, 1.82) is 0 Å². The Morgan fingerprint density at radius 3 is 2.42 bits per heavy atom. The van der Waals surface area contributed by atoms with E-state index in [-0.39, 0.29) is 30.3 Å². The smallest absolute Gasteiger partial charge is 0.316 e. The molecule has 0 bridgehead atoms. The molecule has 0 aliphatic rings. The maximum Gasteiger partial charge on any atom is 0.316 e. The molecule has 0 unspecified atom stereocenters. The Bertz CT molecular complexity index is 1180. The Hall–Kier alpha value is -2.19. The lowest BCUT2D eigenvalue weighted by Crippen LogP contribution is -2.31. The number of aryl methyl sites for hydroxylation is 2. The van der Waals surface area contributed by atoms with E-state index in [0.29, 0.717) is 21.1 Å². The molecule has 0 aliphatic heterocycles. The molecule has 0 saturated carbocycles. The third kappa shape index (κ3) is 5.84. The maximum atomic E-state index is 13.0. The van der Waals surface area contributed by atoms with Crippen LogP contribution < -0.4 is 5.32 Å². The molecule has 0 aliphatic carbocycles. The van der Waals surface area contributed by atoms with E-state index >= 15 is 0 Å². The summed E-state index contributed by atoms with van der Waals surface area (Å²) in [7, 11) is 1.78. The highest BCUT2D eigenvalue weighted by Gasteiger charge is 2.21. The SMILES string of the molecule is Cc1cc2c(cc(C(=O)N[C@H](CO)c3ccc(SCC(=O)OC(C)C)cc3)n2C)c(Cl)c1Cl. The van der Waals surface area contributed by atoms with E-state index in [1.165, 1.54) is 11.8 Å². The van der Waals surface area contributed by atoms with E-state index in [9.17, 15) is 14.7 Å². The van der Waals surface area contributed by atoms with Crippen molar-refractivity contribution in [2.45, 2.75) is 37.8 Å². The second-order valence-electron chi connectivity index (χ2n) is 7.95. The van der Waals surface area contributed by atoms with Gasteiger partial charge in [-0.3, -0.25) is 9.59 Å². The van der Waals surface area contributed by atoms with E-state index in [0.717, 1.165) is 21.5 Å². The summed E-state index contributed by atoms with van der Waals surface area (Å²) in [5.41, 5.74) is 2.77. The van der Waals surface area contributed by atoms with Crippen LogP contribution in [0.25, 0.3) is 10.9 Å². The standard InChI is InChI=1S/C24H26Cl2N2O4S/c1-13(2)32-21(30)12-33-16-7-5-15(6-8-16)18(11-29)27-24(31)20-10-17-19(28(20)4)9-14(3)22(25)23(17)26/h5-10,13,18,29H,11-12H2,1-4H3,(H,27,31)/t18-/m1/s1. The Labute approximate surface area is 207 Å². The first-order valence-corrected chi connectivity index (χ1v) is 12.1. The number of carbonyl (C=O) groups is 2. The van der Waals surface area contributed by atoms with E-state index < -0.39 is 6.04 Å². The molecule has 6 nitrogen and oxygen atoms in total. The molecule has 2 N–H and O–H groups in total. The van der Waals surface area contributed by atoms with Gasteiger partial charge in [-0.2, -0.15) is 0 Å². The number of rotatable bonds is 8. The molecule has 0 radical (unpaired) electrons. The summed E-state index contributed by atoms with van der Waals surface area (Å²) in [4.78, 5) is 25.6. The number of nitrogens with zero attached hydrogens (tertiary/aromatic N) is 1. The summed E-state index contributed by atoms with van der Waals surface area (Å²) in [6, 6.07) is 10.3. The van der Waals surface area contributed by atoms with Crippen molar-refractivity contribution < 1.29 is 19.4 Å². The number of benzene rings is 2. The van der Waals surface area contributed by atoms with Crippen LogP contribution in [0, 0.1) is 6.92 Å². The molecule has 1 aromatic heterocycles. The van der Waals surface area contributed by atoms with Crippen LogP contribution in [0.4, 0.5) is 0 Å². The number of amides is 1. The zero-order chi connectivity index (χ0) is 24.3. The average molecular weight is 509 g/mol. The van der Waals surface area contributed by atoms with Crippen molar-refractivity contribution in [1.82, 2.24) is 9.88 Å². The van der Waals surface area contributed by atoms with Crippen molar-refractivity contribution in [2.24, 2.45) is 7.05 Å². The Balaban J connectivity index is 1.73. The van der Waals surface area contributed by atoms with Gasteiger partial charge in [0.05, 0.1) is 40.1 Å². The highest BCUT2D eigenvalue weighted by Crippen LogP contribution is 2.35. The van der Waals surface area contributed by atoms with Gasteiger partial charge >= 0.3 is 5.97 Å². The van der Waals surface area contributed by atoms with Gasteiger partial charge in [0.25, 0.3) is 5.91 Å². The Kier molecular flexibility index (Phi) is 8.34. The summed E-state index contributed by atoms with van der Waals surface area (Å²) in [5.74, 6) is -0.399. The number of hydrogen-bond acceptors (Lipinski definition) is 5. The van der Waals surface area contributed by atoms with Crippen LogP contribution in [0.5, 0.6) is 0 Å². The van der Waals surface area contributed by atoms with Crippen molar-refractivity contribution in [3.63, 3.8) is 0 Å². The summed E-state index contributed by atoms with van der Waals surface area (Å²) >= 11 is 14.0. The molecule has 3 rings (SSSR count). The minimum Gasteiger partial charge on any atom is -0.462 e. The van der Waals surface area contributed by atoms with Gasteiger partial charge in [-0.25, -0.2) is 0 Å². The fourth-order valence-corrected chi connectivity index (χ4v) is 4.59. The number of carbonyl (C=O) groups excluding carboxylic acids is 2. The van der Waals surface area contributed by atoms with Crippen molar-refractivity contribution in [3.05, 3.63) is 63.3 Å². The number of aliphatic hydroxyl groups is 1. The summed E-state index contributed by atoms with van der Waals surface area (Å²) in [6.45, 7) is 5.21. The number of esters is 1. The van der Waals surface area contributed by atoms with Crippen LogP contribution in [0.3, 0.4) is 0 Å². The second kappa shape index (κ2) is 10.8. The maximum absolute atomic E-state index is 13.0. The summed E-state index contributed by atoms with van der Waals surface area (Å²) < 4.78 is 6.89. The molecule has 176 valence electrons. The van der Waals surface area contributed by atoms with Crippen molar-refractivity contribution in [2.75, 3.05) is 12.4 Å². The molecule has 1 heterocycles. The van der Waals surface area contributed by atoms with Crippen molar-refractivity contribution in [3.8, 4) is 0 Å². The fourth-order valence-electron chi connectivity index (χ4n) is 3.45. The van der Waals surface area contributed by atoms with E-state index in [4.69, 9.17) is 27.9 Å². The van der Waals surface area contributed by atoms with Gasteiger partial charge in [-0.05, 0) is 56.2 Å². The highest BCUT2D eigenvalue weighted by molar-refractivity contribution is 8.00. The van der Waals surface area contributed by atoms with Gasteiger partial charge in [0.2, 0.25) is 0 Å². The zero-order valence-electron chi connectivity index (χ0n) is 18.8. The van der Waals surface area contributed by atoms with Gasteiger partial charge < -0.3 is 19.7 Å². The predicted molar refractivity (Wildman–Crippen MR) is 133 cm³/mol. The predicted octanol–water partition coefficient (Wildman–Crippen LogP) is 5.30. The quantitative estimate of drug-likeness (QED) is 0.318. The number of nitrogens with one attached hydrogen (secondary N) is 1. The highest BCUT2D eigenvalue weighted by atomic mass is 35.5. The molecular weight excluding hydrogens is 483 g/mol. The molecule has 0 fully saturated rings. The van der Waals surface area contributed by atoms with Crippen LogP contribution in [-0.4, -0.2) is 40.0 Å². The third-order valence-corrected chi connectivity index (χ3v) is 7.10.